The summed E-state index contributed by atoms with van der Waals surface area (Å²) >= 11 is 3.56. The fraction of sp³-hybridized carbons (Fsp3) is 0.250. The maximum absolute atomic E-state index is 14.2. The summed E-state index contributed by atoms with van der Waals surface area (Å²) in [6.45, 7) is 1.99. The third-order valence-corrected chi connectivity index (χ3v) is 4.10. The number of benzene rings is 2. The van der Waals surface area contributed by atoms with Gasteiger partial charge in [0.25, 0.3) is 0 Å². The highest BCUT2D eigenvalue weighted by molar-refractivity contribution is 9.09. The molecule has 0 fully saturated rings. The zero-order valence-electron chi connectivity index (χ0n) is 11.6. The van der Waals surface area contributed by atoms with Gasteiger partial charge in [0.1, 0.15) is 17.3 Å². The lowest BCUT2D eigenvalue weighted by atomic mass is 10.0. The van der Waals surface area contributed by atoms with Gasteiger partial charge >= 0.3 is 0 Å². The first-order valence-corrected chi connectivity index (χ1v) is 7.11. The van der Waals surface area contributed by atoms with E-state index < -0.39 is 0 Å². The number of hydrogen-bond donors (Lipinski definition) is 0. The minimum Gasteiger partial charge on any atom is -0.496 e. The third-order valence-electron chi connectivity index (χ3n) is 3.14. The standard InChI is InChI=1S/C16H16BrFO2/c1-10-7-8-13(19-2)11(9-10)16(17)15-12(18)5-4-6-14(15)20-3/h4-9,16H,1-3H3. The first-order chi connectivity index (χ1) is 9.58. The van der Waals surface area contributed by atoms with Gasteiger partial charge in [0.05, 0.1) is 19.0 Å². The van der Waals surface area contributed by atoms with Crippen LogP contribution in [-0.4, -0.2) is 14.2 Å². The lowest BCUT2D eigenvalue weighted by Gasteiger charge is -2.18. The lowest BCUT2D eigenvalue weighted by Crippen LogP contribution is -2.03. The number of aryl methyl sites for hydroxylation is 1. The van der Waals surface area contributed by atoms with E-state index in [1.165, 1.54) is 13.2 Å². The molecule has 0 aromatic heterocycles. The van der Waals surface area contributed by atoms with Crippen LogP contribution in [0.25, 0.3) is 0 Å². The van der Waals surface area contributed by atoms with Crippen LogP contribution in [0.1, 0.15) is 21.5 Å². The van der Waals surface area contributed by atoms with Crippen LogP contribution in [0.4, 0.5) is 4.39 Å². The molecule has 20 heavy (non-hydrogen) atoms. The lowest BCUT2D eigenvalue weighted by molar-refractivity contribution is 0.401. The summed E-state index contributed by atoms with van der Waals surface area (Å²) in [5.74, 6) is 0.910. The van der Waals surface area contributed by atoms with Crippen molar-refractivity contribution in [2.24, 2.45) is 0 Å². The number of methoxy groups -OCH3 is 2. The Morgan fingerprint density at radius 2 is 1.75 bits per heavy atom. The molecule has 2 aromatic carbocycles. The number of rotatable bonds is 4. The van der Waals surface area contributed by atoms with Crippen molar-refractivity contribution < 1.29 is 13.9 Å². The Morgan fingerprint density at radius 3 is 2.40 bits per heavy atom. The highest BCUT2D eigenvalue weighted by Gasteiger charge is 2.22. The Bertz CT molecular complexity index is 613. The predicted octanol–water partition coefficient (Wildman–Crippen LogP) is 4.64. The van der Waals surface area contributed by atoms with E-state index in [2.05, 4.69) is 15.9 Å². The monoisotopic (exact) mass is 338 g/mol. The SMILES string of the molecule is COc1ccc(C)cc1C(Br)c1c(F)cccc1OC. The van der Waals surface area contributed by atoms with Crippen LogP contribution >= 0.6 is 15.9 Å². The van der Waals surface area contributed by atoms with Gasteiger partial charge < -0.3 is 9.47 Å². The van der Waals surface area contributed by atoms with Gasteiger partial charge in [-0.25, -0.2) is 4.39 Å². The van der Waals surface area contributed by atoms with Crippen molar-refractivity contribution in [3.05, 3.63) is 58.9 Å². The number of ether oxygens (including phenoxy) is 2. The van der Waals surface area contributed by atoms with Crippen LogP contribution in [-0.2, 0) is 0 Å². The molecular formula is C16H16BrFO2. The first kappa shape index (κ1) is 14.9. The topological polar surface area (TPSA) is 18.5 Å². The van der Waals surface area contributed by atoms with Crippen molar-refractivity contribution in [1.82, 2.24) is 0 Å². The van der Waals surface area contributed by atoms with Crippen LogP contribution in [0.2, 0.25) is 0 Å². The second kappa shape index (κ2) is 6.27. The van der Waals surface area contributed by atoms with Crippen molar-refractivity contribution in [3.8, 4) is 11.5 Å². The molecule has 0 saturated carbocycles. The molecule has 1 unspecified atom stereocenters. The number of hydrogen-bond acceptors (Lipinski definition) is 2. The quantitative estimate of drug-likeness (QED) is 0.756. The molecule has 0 aliphatic rings. The van der Waals surface area contributed by atoms with Crippen LogP contribution < -0.4 is 9.47 Å². The van der Waals surface area contributed by atoms with Gasteiger partial charge in [-0.2, -0.15) is 0 Å². The second-order valence-electron chi connectivity index (χ2n) is 4.46. The molecule has 0 saturated heterocycles. The largest absolute Gasteiger partial charge is 0.496 e. The van der Waals surface area contributed by atoms with Gasteiger partial charge in [-0.15, -0.1) is 0 Å². The molecule has 0 aliphatic carbocycles. The van der Waals surface area contributed by atoms with E-state index in [4.69, 9.17) is 9.47 Å². The minimum absolute atomic E-state index is 0.310. The molecule has 0 aliphatic heterocycles. The maximum atomic E-state index is 14.2. The van der Waals surface area contributed by atoms with Gasteiger partial charge in [-0.3, -0.25) is 0 Å². The third kappa shape index (κ3) is 2.80. The van der Waals surface area contributed by atoms with E-state index >= 15 is 0 Å². The molecule has 0 N–H and O–H groups in total. The maximum Gasteiger partial charge on any atom is 0.131 e. The molecule has 0 amide bonds. The number of halogens is 2. The summed E-state index contributed by atoms with van der Waals surface area (Å²) in [6, 6.07) is 10.6. The summed E-state index contributed by atoms with van der Waals surface area (Å²) < 4.78 is 24.8. The molecule has 2 aromatic rings. The smallest absolute Gasteiger partial charge is 0.131 e. The molecule has 1 atom stereocenters. The van der Waals surface area contributed by atoms with Crippen LogP contribution in [0.5, 0.6) is 11.5 Å². The van der Waals surface area contributed by atoms with Crippen molar-refractivity contribution in [1.29, 1.82) is 0 Å². The highest BCUT2D eigenvalue weighted by atomic mass is 79.9. The van der Waals surface area contributed by atoms with E-state index in [9.17, 15) is 4.39 Å². The van der Waals surface area contributed by atoms with E-state index in [1.54, 1.807) is 19.2 Å². The van der Waals surface area contributed by atoms with Gasteiger partial charge in [0, 0.05) is 11.1 Å². The van der Waals surface area contributed by atoms with E-state index in [0.717, 1.165) is 11.1 Å². The van der Waals surface area contributed by atoms with E-state index in [1.807, 2.05) is 25.1 Å². The summed E-state index contributed by atoms with van der Waals surface area (Å²) in [7, 11) is 3.14. The molecule has 0 heterocycles. The Kier molecular flexibility index (Phi) is 4.65. The van der Waals surface area contributed by atoms with Gasteiger partial charge in [0.15, 0.2) is 0 Å². The minimum atomic E-state index is -0.339. The molecule has 0 spiro atoms. The zero-order valence-corrected chi connectivity index (χ0v) is 13.2. The predicted molar refractivity (Wildman–Crippen MR) is 81.5 cm³/mol. The Balaban J connectivity index is 2.57. The van der Waals surface area contributed by atoms with Crippen molar-refractivity contribution in [2.75, 3.05) is 14.2 Å². The van der Waals surface area contributed by atoms with Crippen LogP contribution in [0.15, 0.2) is 36.4 Å². The fourth-order valence-corrected chi connectivity index (χ4v) is 2.95. The van der Waals surface area contributed by atoms with Gasteiger partial charge in [0.2, 0.25) is 0 Å². The average molecular weight is 339 g/mol. The Hall–Kier alpha value is -1.55. The Morgan fingerprint density at radius 1 is 1.05 bits per heavy atom. The van der Waals surface area contributed by atoms with Crippen molar-refractivity contribution in [3.63, 3.8) is 0 Å². The molecule has 4 heteroatoms. The van der Waals surface area contributed by atoms with Gasteiger partial charge in [-0.1, -0.05) is 39.7 Å². The zero-order chi connectivity index (χ0) is 14.7. The highest BCUT2D eigenvalue weighted by Crippen LogP contribution is 2.42. The molecule has 2 rings (SSSR count). The average Bonchev–Trinajstić information content (AvgIpc) is 2.46. The molecule has 0 bridgehead atoms. The summed E-state index contributed by atoms with van der Waals surface area (Å²) in [5.41, 5.74) is 2.43. The first-order valence-electron chi connectivity index (χ1n) is 6.19. The molecular weight excluding hydrogens is 323 g/mol. The van der Waals surface area contributed by atoms with Crippen molar-refractivity contribution >= 4 is 15.9 Å². The summed E-state index contributed by atoms with van der Waals surface area (Å²) in [6.07, 6.45) is 0. The number of alkyl halides is 1. The normalized spacial score (nSPS) is 12.1. The molecule has 106 valence electrons. The van der Waals surface area contributed by atoms with Crippen LogP contribution in [0, 0.1) is 12.7 Å². The fourth-order valence-electron chi connectivity index (χ4n) is 2.15. The Labute approximate surface area is 126 Å². The summed E-state index contributed by atoms with van der Waals surface area (Å²) in [5, 5.41) is 0. The summed E-state index contributed by atoms with van der Waals surface area (Å²) in [4.78, 5) is -0.339. The second-order valence-corrected chi connectivity index (χ2v) is 5.38. The van der Waals surface area contributed by atoms with Crippen LogP contribution in [0.3, 0.4) is 0 Å². The van der Waals surface area contributed by atoms with E-state index in [-0.39, 0.29) is 10.6 Å². The van der Waals surface area contributed by atoms with Gasteiger partial charge in [-0.05, 0) is 25.1 Å². The molecule has 2 nitrogen and oxygen atoms in total. The van der Waals surface area contributed by atoms with Crippen molar-refractivity contribution in [2.45, 2.75) is 11.8 Å². The van der Waals surface area contributed by atoms with E-state index in [0.29, 0.717) is 17.1 Å². The molecule has 0 radical (unpaired) electrons.